The summed E-state index contributed by atoms with van der Waals surface area (Å²) in [6.07, 6.45) is 2.63. The molecule has 0 spiro atoms. The summed E-state index contributed by atoms with van der Waals surface area (Å²) in [5, 5.41) is 5.93. The van der Waals surface area contributed by atoms with Gasteiger partial charge in [-0.15, -0.1) is 0 Å². The summed E-state index contributed by atoms with van der Waals surface area (Å²) in [6.45, 7) is 15.6. The summed E-state index contributed by atoms with van der Waals surface area (Å²) in [4.78, 5) is 16.6. The van der Waals surface area contributed by atoms with Crippen molar-refractivity contribution < 1.29 is 4.79 Å². The number of nitrogens with one attached hydrogen (secondary N) is 2. The molecule has 0 radical (unpaired) electrons. The molecule has 1 aliphatic rings. The highest BCUT2D eigenvalue weighted by Crippen LogP contribution is 2.14. The van der Waals surface area contributed by atoms with Crippen molar-refractivity contribution in [1.82, 2.24) is 20.4 Å². The number of hydrogen-bond acceptors (Lipinski definition) is 3. The summed E-state index contributed by atoms with van der Waals surface area (Å²) in [7, 11) is 0. The zero-order chi connectivity index (χ0) is 15.7. The number of carbonyl (C=O) groups excluding carboxylic acids is 1. The number of carbonyl (C=O) groups is 1. The minimum absolute atomic E-state index is 0.0425. The first-order valence-electron chi connectivity index (χ1n) is 8.54. The second-order valence-electron chi connectivity index (χ2n) is 6.26. The van der Waals surface area contributed by atoms with Gasteiger partial charge in [-0.05, 0) is 45.3 Å². The van der Waals surface area contributed by atoms with E-state index in [1.165, 1.54) is 25.9 Å². The second-order valence-corrected chi connectivity index (χ2v) is 6.26. The minimum Gasteiger partial charge on any atom is -0.337 e. The SMILES string of the molecule is CCN(CC)C(C)CNC(=O)NCCN1CCCC(C)C1. The van der Waals surface area contributed by atoms with Crippen LogP contribution in [-0.4, -0.2) is 67.7 Å². The third kappa shape index (κ3) is 7.14. The van der Waals surface area contributed by atoms with Gasteiger partial charge in [0.25, 0.3) is 0 Å². The molecule has 2 N–H and O–H groups in total. The summed E-state index contributed by atoms with van der Waals surface area (Å²) in [6, 6.07) is 0.341. The predicted molar refractivity (Wildman–Crippen MR) is 88.6 cm³/mol. The Morgan fingerprint density at radius 2 is 2.05 bits per heavy atom. The number of piperidine rings is 1. The van der Waals surface area contributed by atoms with E-state index in [0.29, 0.717) is 12.6 Å². The van der Waals surface area contributed by atoms with Crippen molar-refractivity contribution in [3.63, 3.8) is 0 Å². The number of nitrogens with zero attached hydrogens (tertiary/aromatic N) is 2. The van der Waals surface area contributed by atoms with Crippen molar-refractivity contribution in [3.05, 3.63) is 0 Å². The second kappa shape index (κ2) is 10.0. The third-order valence-corrected chi connectivity index (χ3v) is 4.45. The topological polar surface area (TPSA) is 47.6 Å². The molecule has 1 heterocycles. The van der Waals surface area contributed by atoms with Crippen LogP contribution in [0.25, 0.3) is 0 Å². The molecule has 5 nitrogen and oxygen atoms in total. The molecule has 5 heteroatoms. The fourth-order valence-corrected chi connectivity index (χ4v) is 3.10. The van der Waals surface area contributed by atoms with Gasteiger partial charge in [0.05, 0.1) is 0 Å². The molecule has 1 saturated heterocycles. The maximum absolute atomic E-state index is 11.8. The van der Waals surface area contributed by atoms with Crippen LogP contribution in [0.3, 0.4) is 0 Å². The Morgan fingerprint density at radius 1 is 1.33 bits per heavy atom. The molecule has 2 amide bonds. The summed E-state index contributed by atoms with van der Waals surface area (Å²) < 4.78 is 0. The molecule has 2 atom stereocenters. The Bertz CT molecular complexity index is 294. The Balaban J connectivity index is 2.11. The molecule has 0 aromatic rings. The highest BCUT2D eigenvalue weighted by molar-refractivity contribution is 5.73. The number of likely N-dealkylation sites (N-methyl/N-ethyl adjacent to an activating group) is 1. The first-order valence-corrected chi connectivity index (χ1v) is 8.54. The maximum Gasteiger partial charge on any atom is 0.314 e. The molecular weight excluding hydrogens is 264 g/mol. The highest BCUT2D eigenvalue weighted by Gasteiger charge is 2.16. The van der Waals surface area contributed by atoms with Crippen LogP contribution in [-0.2, 0) is 0 Å². The lowest BCUT2D eigenvalue weighted by atomic mass is 10.0. The van der Waals surface area contributed by atoms with Crippen molar-refractivity contribution in [2.75, 3.05) is 45.8 Å². The van der Waals surface area contributed by atoms with Crippen molar-refractivity contribution in [1.29, 1.82) is 0 Å². The van der Waals surface area contributed by atoms with E-state index < -0.39 is 0 Å². The van der Waals surface area contributed by atoms with Crippen LogP contribution in [0.2, 0.25) is 0 Å². The fourth-order valence-electron chi connectivity index (χ4n) is 3.10. The minimum atomic E-state index is -0.0425. The van der Waals surface area contributed by atoms with Gasteiger partial charge in [0.15, 0.2) is 0 Å². The molecule has 0 aromatic heterocycles. The first-order chi connectivity index (χ1) is 10.1. The number of rotatable bonds is 8. The Hall–Kier alpha value is -0.810. The van der Waals surface area contributed by atoms with Crippen LogP contribution in [0.5, 0.6) is 0 Å². The van der Waals surface area contributed by atoms with Crippen LogP contribution < -0.4 is 10.6 Å². The van der Waals surface area contributed by atoms with Crippen molar-refractivity contribution >= 4 is 6.03 Å². The first kappa shape index (κ1) is 18.2. The maximum atomic E-state index is 11.8. The van der Waals surface area contributed by atoms with Crippen LogP contribution in [0.15, 0.2) is 0 Å². The number of amides is 2. The quantitative estimate of drug-likeness (QED) is 0.718. The highest BCUT2D eigenvalue weighted by atomic mass is 16.2. The zero-order valence-corrected chi connectivity index (χ0v) is 14.3. The van der Waals surface area contributed by atoms with Crippen LogP contribution in [0.4, 0.5) is 4.79 Å². The van der Waals surface area contributed by atoms with Gasteiger partial charge in [0, 0.05) is 32.2 Å². The lowest BCUT2D eigenvalue weighted by Crippen LogP contribution is -2.47. The molecule has 1 rings (SSSR count). The number of likely N-dealkylation sites (tertiary alicyclic amines) is 1. The van der Waals surface area contributed by atoms with E-state index in [0.717, 1.165) is 32.1 Å². The van der Waals surface area contributed by atoms with E-state index in [1.807, 2.05) is 0 Å². The van der Waals surface area contributed by atoms with Gasteiger partial charge in [0.1, 0.15) is 0 Å². The van der Waals surface area contributed by atoms with E-state index in [4.69, 9.17) is 0 Å². The molecular formula is C16H34N4O. The number of hydrogen-bond donors (Lipinski definition) is 2. The van der Waals surface area contributed by atoms with E-state index >= 15 is 0 Å². The average Bonchev–Trinajstić information content (AvgIpc) is 2.46. The van der Waals surface area contributed by atoms with Gasteiger partial charge in [-0.2, -0.15) is 0 Å². The molecule has 2 unspecified atom stereocenters. The summed E-state index contributed by atoms with van der Waals surface area (Å²) >= 11 is 0. The molecule has 1 fully saturated rings. The van der Waals surface area contributed by atoms with Crippen molar-refractivity contribution in [2.45, 2.75) is 46.6 Å². The molecule has 21 heavy (non-hydrogen) atoms. The Kier molecular flexibility index (Phi) is 8.69. The summed E-state index contributed by atoms with van der Waals surface area (Å²) in [5.41, 5.74) is 0. The van der Waals surface area contributed by atoms with Gasteiger partial charge < -0.3 is 15.5 Å². The Labute approximate surface area is 130 Å². The van der Waals surface area contributed by atoms with Crippen molar-refractivity contribution in [3.8, 4) is 0 Å². The van der Waals surface area contributed by atoms with Crippen molar-refractivity contribution in [2.24, 2.45) is 5.92 Å². The largest absolute Gasteiger partial charge is 0.337 e. The molecule has 0 bridgehead atoms. The molecule has 1 aliphatic heterocycles. The summed E-state index contributed by atoms with van der Waals surface area (Å²) in [5.74, 6) is 0.794. The smallest absolute Gasteiger partial charge is 0.314 e. The van der Waals surface area contributed by atoms with Crippen LogP contribution >= 0.6 is 0 Å². The van der Waals surface area contributed by atoms with Gasteiger partial charge >= 0.3 is 6.03 Å². The van der Waals surface area contributed by atoms with Gasteiger partial charge in [0.2, 0.25) is 0 Å². The number of urea groups is 1. The molecule has 0 aromatic carbocycles. The normalized spacial score (nSPS) is 21.3. The molecule has 0 saturated carbocycles. The van der Waals surface area contributed by atoms with Crippen LogP contribution in [0.1, 0.15) is 40.5 Å². The lowest BCUT2D eigenvalue weighted by Gasteiger charge is -2.30. The van der Waals surface area contributed by atoms with E-state index in [9.17, 15) is 4.79 Å². The molecule has 0 aliphatic carbocycles. The van der Waals surface area contributed by atoms with Crippen LogP contribution in [0, 0.1) is 5.92 Å². The van der Waals surface area contributed by atoms with E-state index in [2.05, 4.69) is 48.1 Å². The van der Waals surface area contributed by atoms with Gasteiger partial charge in [-0.3, -0.25) is 4.90 Å². The van der Waals surface area contributed by atoms with E-state index in [1.54, 1.807) is 0 Å². The third-order valence-electron chi connectivity index (χ3n) is 4.45. The Morgan fingerprint density at radius 3 is 2.67 bits per heavy atom. The predicted octanol–water partition coefficient (Wildman–Crippen LogP) is 1.75. The lowest BCUT2D eigenvalue weighted by molar-refractivity contribution is 0.183. The fraction of sp³-hybridized carbons (Fsp3) is 0.938. The zero-order valence-electron chi connectivity index (χ0n) is 14.3. The van der Waals surface area contributed by atoms with Gasteiger partial charge in [-0.1, -0.05) is 20.8 Å². The average molecular weight is 298 g/mol. The molecule has 124 valence electrons. The monoisotopic (exact) mass is 298 g/mol. The van der Waals surface area contributed by atoms with Gasteiger partial charge in [-0.25, -0.2) is 4.79 Å². The standard InChI is InChI=1S/C16H34N4O/c1-5-20(6-2)15(4)12-18-16(21)17-9-11-19-10-7-8-14(3)13-19/h14-15H,5-13H2,1-4H3,(H2,17,18,21). The van der Waals surface area contributed by atoms with E-state index in [-0.39, 0.29) is 6.03 Å².